The maximum Gasteiger partial charge on any atom is 0.331 e. The van der Waals surface area contributed by atoms with Gasteiger partial charge in [0.25, 0.3) is 0 Å². The lowest BCUT2D eigenvalue weighted by molar-refractivity contribution is -0.233. The summed E-state index contributed by atoms with van der Waals surface area (Å²) in [6, 6.07) is 0. The molecule has 4 rings (SSSR count). The summed E-state index contributed by atoms with van der Waals surface area (Å²) in [5, 5.41) is 33.2. The van der Waals surface area contributed by atoms with Gasteiger partial charge in [0.1, 0.15) is 0 Å². The number of hydrogen-bond acceptors (Lipinski definition) is 4. The molecule has 4 aliphatic rings. The zero-order valence-corrected chi connectivity index (χ0v) is 29.0. The van der Waals surface area contributed by atoms with Gasteiger partial charge in [-0.25, -0.2) is 4.79 Å². The van der Waals surface area contributed by atoms with Crippen LogP contribution >= 0.6 is 15.9 Å². The third kappa shape index (κ3) is 5.50. The molecule has 5 nitrogen and oxygen atoms in total. The number of allylic oxidation sites excluding steroid dienone is 2. The van der Waals surface area contributed by atoms with E-state index in [-0.39, 0.29) is 45.4 Å². The minimum atomic E-state index is -1.19. The smallest absolute Gasteiger partial charge is 0.331 e. The summed E-state index contributed by atoms with van der Waals surface area (Å²) in [4.78, 5) is 13.0. The zero-order valence-electron chi connectivity index (χ0n) is 26.6. The van der Waals surface area contributed by atoms with Crippen LogP contribution in [0.3, 0.4) is 0 Å². The molecule has 0 aromatic heterocycles. The first kappa shape index (κ1) is 33.4. The van der Waals surface area contributed by atoms with Gasteiger partial charge in [0.15, 0.2) is 0 Å². The van der Waals surface area contributed by atoms with Crippen LogP contribution in [0.25, 0.3) is 0 Å². The fraction of sp³-hybridized carbons (Fsp3) is 0.853. The van der Waals surface area contributed by atoms with Crippen LogP contribution < -0.4 is 0 Å². The minimum absolute atomic E-state index is 0.0704. The molecule has 0 aromatic rings. The third-order valence-corrected chi connectivity index (χ3v) is 16.1. The molecule has 41 heavy (non-hydrogen) atoms. The van der Waals surface area contributed by atoms with Crippen LogP contribution in [0.5, 0.6) is 0 Å². The lowest BCUT2D eigenvalue weighted by Crippen LogP contribution is -2.65. The fourth-order valence-corrected chi connectivity index (χ4v) is 12.6. The number of aliphatic hydroxyl groups excluding tert-OH is 2. The standard InChI is InChI=1S/C34H55BrO5S/c1-9-20(4)18-41(40)28-17-34(8)24(29(28)22(31(38)39)10-11-25(35)19(2)3)16-27(37)30-32(6)14-13-26(36)21(5)23(32)12-15-33(30,34)7/h20-21,23-24,26-28,30,36-37H,9-18H2,1-8H3,(H,38,39)/b29-22-/t20?,21-,23?,24?,26+,27+,28-,30-,32-,33-,34-,41?/m0/s1. The highest BCUT2D eigenvalue weighted by Crippen LogP contribution is 2.74. The largest absolute Gasteiger partial charge is 0.478 e. The number of fused-ring (bicyclic) bond motifs is 5. The van der Waals surface area contributed by atoms with Gasteiger partial charge >= 0.3 is 5.97 Å². The second-order valence-electron chi connectivity index (χ2n) is 15.2. The number of hydrogen-bond donors (Lipinski definition) is 3. The second kappa shape index (κ2) is 12.1. The van der Waals surface area contributed by atoms with E-state index < -0.39 is 22.9 Å². The number of carbonyl (C=O) groups is 1. The van der Waals surface area contributed by atoms with Crippen molar-refractivity contribution in [1.29, 1.82) is 0 Å². The van der Waals surface area contributed by atoms with Crippen LogP contribution in [0.2, 0.25) is 0 Å². The first-order chi connectivity index (χ1) is 19.0. The molecule has 4 aliphatic carbocycles. The quantitative estimate of drug-likeness (QED) is 0.234. The number of aliphatic carboxylic acids is 1. The van der Waals surface area contributed by atoms with E-state index in [4.69, 9.17) is 0 Å². The van der Waals surface area contributed by atoms with Crippen molar-refractivity contribution >= 4 is 32.7 Å². The van der Waals surface area contributed by atoms with Gasteiger partial charge in [-0.15, -0.1) is 0 Å². The number of carboxylic acids is 1. The molecule has 0 amide bonds. The molecule has 0 heterocycles. The van der Waals surface area contributed by atoms with E-state index in [0.29, 0.717) is 42.4 Å². The summed E-state index contributed by atoms with van der Waals surface area (Å²) in [5.74, 6) is 0.514. The highest BCUT2D eigenvalue weighted by Gasteiger charge is 2.70. The van der Waals surface area contributed by atoms with Crippen LogP contribution in [0, 0.1) is 45.8 Å². The lowest BCUT2D eigenvalue weighted by Gasteiger charge is -2.69. The van der Waals surface area contributed by atoms with E-state index in [9.17, 15) is 24.3 Å². The van der Waals surface area contributed by atoms with Gasteiger partial charge in [-0.1, -0.05) is 69.5 Å². The van der Waals surface area contributed by atoms with Crippen molar-refractivity contribution in [2.45, 2.75) is 131 Å². The SMILES string of the molecule is CCC(C)CS(=O)[C@H]1C[C@@]2(C)C(C[C@@H](O)[C@H]3[C@@]4(C)CC[C@@H](O)[C@@H](C)C4CC[C@@]32C)/C1=C(\CCC(Br)=C(C)C)C(=O)O. The van der Waals surface area contributed by atoms with Crippen molar-refractivity contribution in [3.8, 4) is 0 Å². The van der Waals surface area contributed by atoms with Gasteiger partial charge in [0, 0.05) is 22.1 Å². The predicted octanol–water partition coefficient (Wildman–Crippen LogP) is 7.62. The molecular formula is C34H55BrO5S. The summed E-state index contributed by atoms with van der Waals surface area (Å²) in [6.07, 6.45) is 5.98. The number of rotatable bonds is 8. The molecule has 234 valence electrons. The van der Waals surface area contributed by atoms with Gasteiger partial charge < -0.3 is 15.3 Å². The summed E-state index contributed by atoms with van der Waals surface area (Å²) in [7, 11) is -1.19. The molecular weight excluding hydrogens is 600 g/mol. The molecule has 0 radical (unpaired) electrons. The molecule has 4 unspecified atom stereocenters. The Morgan fingerprint density at radius 2 is 1.73 bits per heavy atom. The Balaban J connectivity index is 1.85. The molecule has 12 atom stereocenters. The van der Waals surface area contributed by atoms with E-state index in [1.807, 2.05) is 13.8 Å². The van der Waals surface area contributed by atoms with Crippen molar-refractivity contribution in [2.75, 3.05) is 5.75 Å². The van der Waals surface area contributed by atoms with Crippen molar-refractivity contribution in [3.63, 3.8) is 0 Å². The van der Waals surface area contributed by atoms with Crippen LogP contribution in [-0.4, -0.2) is 48.7 Å². The molecule has 7 heteroatoms. The summed E-state index contributed by atoms with van der Waals surface area (Å²) >= 11 is 3.65. The molecule has 0 aromatic carbocycles. The Labute approximate surface area is 259 Å². The van der Waals surface area contributed by atoms with E-state index in [0.717, 1.165) is 54.2 Å². The van der Waals surface area contributed by atoms with Gasteiger partial charge in [-0.3, -0.25) is 4.21 Å². The van der Waals surface area contributed by atoms with Crippen LogP contribution in [0.1, 0.15) is 113 Å². The average molecular weight is 656 g/mol. The van der Waals surface area contributed by atoms with E-state index >= 15 is 0 Å². The Kier molecular flexibility index (Phi) is 9.87. The summed E-state index contributed by atoms with van der Waals surface area (Å²) in [5.41, 5.74) is 1.86. The normalized spacial score (nSPS) is 44.7. The summed E-state index contributed by atoms with van der Waals surface area (Å²) in [6.45, 7) is 17.6. The Bertz CT molecular complexity index is 1110. The van der Waals surface area contributed by atoms with Gasteiger partial charge in [-0.05, 0) is 121 Å². The fourth-order valence-electron chi connectivity index (χ4n) is 10.2. The highest BCUT2D eigenvalue weighted by atomic mass is 79.9. The topological polar surface area (TPSA) is 94.8 Å². The first-order valence-electron chi connectivity index (χ1n) is 16.0. The molecule has 4 fully saturated rings. The van der Waals surface area contributed by atoms with Crippen LogP contribution in [0.4, 0.5) is 0 Å². The molecule has 0 spiro atoms. The predicted molar refractivity (Wildman–Crippen MR) is 171 cm³/mol. The Hall–Kier alpha value is -0.500. The molecule has 3 N–H and O–H groups in total. The minimum Gasteiger partial charge on any atom is -0.478 e. The highest BCUT2D eigenvalue weighted by molar-refractivity contribution is 9.11. The Morgan fingerprint density at radius 3 is 2.32 bits per heavy atom. The average Bonchev–Trinajstić information content (AvgIpc) is 3.19. The van der Waals surface area contributed by atoms with E-state index in [2.05, 4.69) is 57.5 Å². The first-order valence-corrected chi connectivity index (χ1v) is 18.2. The Morgan fingerprint density at radius 1 is 1.07 bits per heavy atom. The zero-order chi connectivity index (χ0) is 30.7. The van der Waals surface area contributed by atoms with E-state index in [1.54, 1.807) is 0 Å². The monoisotopic (exact) mass is 654 g/mol. The number of carboxylic acid groups (broad SMARTS) is 1. The lowest BCUT2D eigenvalue weighted by atomic mass is 9.36. The van der Waals surface area contributed by atoms with Crippen molar-refractivity contribution in [2.24, 2.45) is 45.8 Å². The van der Waals surface area contributed by atoms with Gasteiger partial charge in [0.05, 0.1) is 17.5 Å². The maximum absolute atomic E-state index is 14.2. The summed E-state index contributed by atoms with van der Waals surface area (Å²) < 4.78 is 15.2. The van der Waals surface area contributed by atoms with Crippen molar-refractivity contribution in [1.82, 2.24) is 0 Å². The van der Waals surface area contributed by atoms with Crippen molar-refractivity contribution in [3.05, 3.63) is 21.2 Å². The molecule has 4 saturated carbocycles. The number of aliphatic hydroxyl groups is 2. The third-order valence-electron chi connectivity index (χ3n) is 12.9. The van der Waals surface area contributed by atoms with Gasteiger partial charge in [-0.2, -0.15) is 0 Å². The second-order valence-corrected chi connectivity index (χ2v) is 17.8. The molecule has 0 bridgehead atoms. The van der Waals surface area contributed by atoms with E-state index in [1.165, 1.54) is 0 Å². The maximum atomic E-state index is 14.2. The molecule has 0 saturated heterocycles. The molecule has 0 aliphatic heterocycles. The number of halogens is 1. The van der Waals surface area contributed by atoms with Gasteiger partial charge in [0.2, 0.25) is 0 Å². The van der Waals surface area contributed by atoms with Crippen LogP contribution in [-0.2, 0) is 15.6 Å². The van der Waals surface area contributed by atoms with Crippen molar-refractivity contribution < 1.29 is 24.3 Å². The van der Waals surface area contributed by atoms with Crippen LogP contribution in [0.15, 0.2) is 21.2 Å².